The first-order valence-corrected chi connectivity index (χ1v) is 7.71. The second kappa shape index (κ2) is 5.40. The molecule has 1 aliphatic carbocycles. The van der Waals surface area contributed by atoms with E-state index < -0.39 is 0 Å². The number of amides is 1. The molecule has 1 amide bonds. The smallest absolute Gasteiger partial charge is 0.265 e. The number of nitrogens with one attached hydrogen (secondary N) is 1. The van der Waals surface area contributed by atoms with E-state index in [0.717, 1.165) is 18.2 Å². The van der Waals surface area contributed by atoms with Crippen LogP contribution in [0.15, 0.2) is 11.4 Å². The maximum atomic E-state index is 12.2. The lowest BCUT2D eigenvalue weighted by molar-refractivity contribution is 0.0912. The van der Waals surface area contributed by atoms with E-state index in [-0.39, 0.29) is 11.4 Å². The van der Waals surface area contributed by atoms with E-state index in [9.17, 15) is 4.79 Å². The van der Waals surface area contributed by atoms with Gasteiger partial charge >= 0.3 is 0 Å². The molecule has 0 atom stereocenters. The van der Waals surface area contributed by atoms with Crippen molar-refractivity contribution in [2.75, 3.05) is 12.4 Å². The largest absolute Gasteiger partial charge is 0.495 e. The minimum absolute atomic E-state index is 0.0156. The summed E-state index contributed by atoms with van der Waals surface area (Å²) in [5.41, 5.74) is -0.0634. The fourth-order valence-electron chi connectivity index (χ4n) is 2.27. The van der Waals surface area contributed by atoms with Crippen LogP contribution in [0.5, 0.6) is 5.75 Å². The van der Waals surface area contributed by atoms with E-state index in [1.807, 2.05) is 11.4 Å². The van der Waals surface area contributed by atoms with Crippen molar-refractivity contribution >= 4 is 33.2 Å². The fraction of sp³-hybridized carbons (Fsp3) is 0.583. The molecule has 0 aliphatic heterocycles. The number of carbonyl (C=O) groups excluding carboxylic acids is 1. The zero-order chi connectivity index (χ0) is 12.3. The van der Waals surface area contributed by atoms with Gasteiger partial charge in [0.1, 0.15) is 10.6 Å². The standard InChI is InChI=1S/C12H16BrNO2S/c1-16-9-4-7-17-10(9)11(15)14-12(8-13)5-2-3-6-12/h4,7H,2-3,5-6,8H2,1H3,(H,14,15). The third-order valence-electron chi connectivity index (χ3n) is 3.25. The molecule has 0 bridgehead atoms. The average Bonchev–Trinajstić information content (AvgIpc) is 2.97. The lowest BCUT2D eigenvalue weighted by atomic mass is 10.0. The molecular weight excluding hydrogens is 302 g/mol. The Morgan fingerprint density at radius 2 is 2.29 bits per heavy atom. The summed E-state index contributed by atoms with van der Waals surface area (Å²) < 4.78 is 5.18. The summed E-state index contributed by atoms with van der Waals surface area (Å²) >= 11 is 4.94. The summed E-state index contributed by atoms with van der Waals surface area (Å²) in [5.74, 6) is 0.647. The number of methoxy groups -OCH3 is 1. The molecule has 0 radical (unpaired) electrons. The topological polar surface area (TPSA) is 38.3 Å². The van der Waals surface area contributed by atoms with Crippen molar-refractivity contribution in [2.45, 2.75) is 31.2 Å². The number of alkyl halides is 1. The van der Waals surface area contributed by atoms with Crippen LogP contribution in [-0.2, 0) is 0 Å². The van der Waals surface area contributed by atoms with Gasteiger partial charge in [-0.25, -0.2) is 0 Å². The highest BCUT2D eigenvalue weighted by Crippen LogP contribution is 2.33. The molecule has 17 heavy (non-hydrogen) atoms. The van der Waals surface area contributed by atoms with Gasteiger partial charge in [-0.1, -0.05) is 28.8 Å². The highest BCUT2D eigenvalue weighted by molar-refractivity contribution is 9.09. The van der Waals surface area contributed by atoms with Gasteiger partial charge in [0.05, 0.1) is 12.6 Å². The van der Waals surface area contributed by atoms with Crippen LogP contribution in [0.1, 0.15) is 35.4 Å². The first kappa shape index (κ1) is 12.9. The number of ether oxygens (including phenoxy) is 1. The monoisotopic (exact) mass is 317 g/mol. The van der Waals surface area contributed by atoms with E-state index in [0.29, 0.717) is 10.6 Å². The van der Waals surface area contributed by atoms with E-state index in [1.165, 1.54) is 24.2 Å². The van der Waals surface area contributed by atoms with Crippen molar-refractivity contribution in [3.05, 3.63) is 16.3 Å². The van der Waals surface area contributed by atoms with Crippen LogP contribution in [0.3, 0.4) is 0 Å². The van der Waals surface area contributed by atoms with Crippen LogP contribution < -0.4 is 10.1 Å². The van der Waals surface area contributed by atoms with Crippen molar-refractivity contribution in [3.63, 3.8) is 0 Å². The second-order valence-electron chi connectivity index (χ2n) is 4.39. The summed E-state index contributed by atoms with van der Waals surface area (Å²) in [7, 11) is 1.59. The maximum absolute atomic E-state index is 12.2. The summed E-state index contributed by atoms with van der Waals surface area (Å²) in [4.78, 5) is 12.9. The molecule has 94 valence electrons. The molecule has 1 aliphatic rings. The Morgan fingerprint density at radius 3 is 2.88 bits per heavy atom. The van der Waals surface area contributed by atoms with Crippen LogP contribution in [0.25, 0.3) is 0 Å². The van der Waals surface area contributed by atoms with Gasteiger partial charge in [0.25, 0.3) is 5.91 Å². The van der Waals surface area contributed by atoms with E-state index >= 15 is 0 Å². The third-order valence-corrected chi connectivity index (χ3v) is 5.22. The number of halogens is 1. The molecule has 3 nitrogen and oxygen atoms in total. The molecule has 0 spiro atoms. The first-order chi connectivity index (χ1) is 8.21. The van der Waals surface area contributed by atoms with Gasteiger partial charge in [0, 0.05) is 5.33 Å². The van der Waals surface area contributed by atoms with Gasteiger partial charge in [-0.2, -0.15) is 0 Å². The molecule has 2 rings (SSSR count). The molecule has 1 fully saturated rings. The highest BCUT2D eigenvalue weighted by Gasteiger charge is 2.35. The normalized spacial score (nSPS) is 18.0. The average molecular weight is 318 g/mol. The third kappa shape index (κ3) is 2.65. The molecule has 0 aromatic carbocycles. The molecule has 1 saturated carbocycles. The molecule has 1 aromatic heterocycles. The number of carbonyl (C=O) groups is 1. The Labute approximate surface area is 114 Å². The van der Waals surface area contributed by atoms with Gasteiger partial charge < -0.3 is 10.1 Å². The van der Waals surface area contributed by atoms with E-state index in [1.54, 1.807) is 7.11 Å². The van der Waals surface area contributed by atoms with Crippen molar-refractivity contribution in [2.24, 2.45) is 0 Å². The van der Waals surface area contributed by atoms with Crippen molar-refractivity contribution in [1.82, 2.24) is 5.32 Å². The van der Waals surface area contributed by atoms with Crippen molar-refractivity contribution in [1.29, 1.82) is 0 Å². The van der Waals surface area contributed by atoms with Crippen LogP contribution >= 0.6 is 27.3 Å². The number of hydrogen-bond acceptors (Lipinski definition) is 3. The summed E-state index contributed by atoms with van der Waals surface area (Å²) in [6, 6.07) is 1.83. The minimum Gasteiger partial charge on any atom is -0.495 e. The molecule has 1 aromatic rings. The fourth-order valence-corrected chi connectivity index (χ4v) is 3.72. The minimum atomic E-state index is -0.0634. The van der Waals surface area contributed by atoms with Gasteiger partial charge in [-0.15, -0.1) is 11.3 Å². The Balaban J connectivity index is 2.11. The first-order valence-electron chi connectivity index (χ1n) is 5.71. The maximum Gasteiger partial charge on any atom is 0.265 e. The van der Waals surface area contributed by atoms with Crippen LogP contribution in [0.2, 0.25) is 0 Å². The van der Waals surface area contributed by atoms with Gasteiger partial charge in [-0.3, -0.25) is 4.79 Å². The van der Waals surface area contributed by atoms with E-state index in [4.69, 9.17) is 4.74 Å². The zero-order valence-electron chi connectivity index (χ0n) is 9.79. The Bertz CT molecular complexity index is 399. The summed E-state index contributed by atoms with van der Waals surface area (Å²) in [6.07, 6.45) is 4.48. The SMILES string of the molecule is COc1ccsc1C(=O)NC1(CBr)CCCC1. The molecule has 0 unspecified atom stereocenters. The molecule has 1 N–H and O–H groups in total. The molecule has 0 saturated heterocycles. The predicted octanol–water partition coefficient (Wildman–Crippen LogP) is 3.19. The number of hydrogen-bond donors (Lipinski definition) is 1. The van der Waals surface area contributed by atoms with Crippen LogP contribution in [0, 0.1) is 0 Å². The number of rotatable bonds is 4. The second-order valence-corrected chi connectivity index (χ2v) is 5.87. The van der Waals surface area contributed by atoms with Crippen molar-refractivity contribution < 1.29 is 9.53 Å². The van der Waals surface area contributed by atoms with Gasteiger partial charge in [-0.05, 0) is 24.3 Å². The van der Waals surface area contributed by atoms with Crippen LogP contribution in [-0.4, -0.2) is 23.9 Å². The molecule has 5 heteroatoms. The Morgan fingerprint density at radius 1 is 1.59 bits per heavy atom. The van der Waals surface area contributed by atoms with Gasteiger partial charge in [0.2, 0.25) is 0 Å². The van der Waals surface area contributed by atoms with Crippen LogP contribution in [0.4, 0.5) is 0 Å². The lowest BCUT2D eigenvalue weighted by Gasteiger charge is -2.27. The summed E-state index contributed by atoms with van der Waals surface area (Å²) in [5, 5.41) is 5.86. The van der Waals surface area contributed by atoms with E-state index in [2.05, 4.69) is 21.2 Å². The van der Waals surface area contributed by atoms with Crippen molar-refractivity contribution in [3.8, 4) is 5.75 Å². The Hall–Kier alpha value is -0.550. The lowest BCUT2D eigenvalue weighted by Crippen LogP contribution is -2.47. The highest BCUT2D eigenvalue weighted by atomic mass is 79.9. The Kier molecular flexibility index (Phi) is 4.09. The predicted molar refractivity (Wildman–Crippen MR) is 73.3 cm³/mol. The number of thiophene rings is 1. The molecule has 1 heterocycles. The summed E-state index contributed by atoms with van der Waals surface area (Å²) in [6.45, 7) is 0. The quantitative estimate of drug-likeness (QED) is 0.866. The van der Waals surface area contributed by atoms with Gasteiger partial charge in [0.15, 0.2) is 0 Å². The molecular formula is C12H16BrNO2S. The zero-order valence-corrected chi connectivity index (χ0v) is 12.2.